The molecule has 0 aromatic heterocycles. The maximum absolute atomic E-state index is 11.9. The van der Waals surface area contributed by atoms with E-state index in [1.54, 1.807) is 0 Å². The fraction of sp³-hybridized carbons (Fsp3) is 0.462. The van der Waals surface area contributed by atoms with Crippen LogP contribution in [0.5, 0.6) is 5.75 Å². The van der Waals surface area contributed by atoms with Crippen molar-refractivity contribution in [1.29, 1.82) is 0 Å². The Balaban J connectivity index is 2.90. The molecular formula is C13H18ClNO3. The molecule has 1 aromatic rings. The van der Waals surface area contributed by atoms with E-state index in [1.807, 2.05) is 20.8 Å². The monoisotopic (exact) mass is 271 g/mol. The number of phenols is 1. The van der Waals surface area contributed by atoms with Gasteiger partial charge in [0.25, 0.3) is 0 Å². The molecule has 0 atom stereocenters. The van der Waals surface area contributed by atoms with Gasteiger partial charge in [0.15, 0.2) is 5.78 Å². The molecule has 1 aromatic carbocycles. The molecule has 4 nitrogen and oxygen atoms in total. The highest BCUT2D eigenvalue weighted by atomic mass is 35.5. The van der Waals surface area contributed by atoms with Crippen molar-refractivity contribution in [2.24, 2.45) is 0 Å². The van der Waals surface area contributed by atoms with E-state index < -0.39 is 0 Å². The van der Waals surface area contributed by atoms with Crippen LogP contribution in [-0.2, 0) is 6.61 Å². The van der Waals surface area contributed by atoms with Gasteiger partial charge in [-0.05, 0) is 32.9 Å². The summed E-state index contributed by atoms with van der Waals surface area (Å²) in [6, 6.07) is 2.86. The van der Waals surface area contributed by atoms with Crippen LogP contribution in [0.25, 0.3) is 0 Å². The Bertz CT molecular complexity index is 452. The highest BCUT2D eigenvalue weighted by Crippen LogP contribution is 2.29. The molecule has 5 heteroatoms. The number of halogens is 1. The van der Waals surface area contributed by atoms with Crippen LogP contribution >= 0.6 is 11.6 Å². The molecule has 0 aliphatic carbocycles. The van der Waals surface area contributed by atoms with E-state index >= 15 is 0 Å². The lowest BCUT2D eigenvalue weighted by Crippen LogP contribution is -2.39. The Labute approximate surface area is 112 Å². The molecule has 0 saturated heterocycles. The van der Waals surface area contributed by atoms with Crippen molar-refractivity contribution < 1.29 is 15.0 Å². The molecule has 0 amide bonds. The summed E-state index contributed by atoms with van der Waals surface area (Å²) in [5, 5.41) is 21.8. The van der Waals surface area contributed by atoms with Gasteiger partial charge in [0.1, 0.15) is 5.75 Å². The summed E-state index contributed by atoms with van der Waals surface area (Å²) in [6.45, 7) is 5.70. The van der Waals surface area contributed by atoms with Gasteiger partial charge in [-0.15, -0.1) is 0 Å². The van der Waals surface area contributed by atoms with Crippen LogP contribution in [0, 0.1) is 0 Å². The van der Waals surface area contributed by atoms with Crippen molar-refractivity contribution in [2.45, 2.75) is 32.9 Å². The van der Waals surface area contributed by atoms with Gasteiger partial charge in [0.05, 0.1) is 18.2 Å². The Morgan fingerprint density at radius 2 is 2.00 bits per heavy atom. The van der Waals surface area contributed by atoms with Gasteiger partial charge in [0.2, 0.25) is 0 Å². The Morgan fingerprint density at radius 3 is 2.50 bits per heavy atom. The molecule has 0 bridgehead atoms. The average molecular weight is 272 g/mol. The van der Waals surface area contributed by atoms with Crippen molar-refractivity contribution in [2.75, 3.05) is 6.54 Å². The predicted octanol–water partition coefficient (Wildman–Crippen LogP) is 2.11. The molecule has 3 N–H and O–H groups in total. The third-order valence-electron chi connectivity index (χ3n) is 2.41. The van der Waals surface area contributed by atoms with Gasteiger partial charge >= 0.3 is 0 Å². The summed E-state index contributed by atoms with van der Waals surface area (Å²) in [6.07, 6.45) is 0. The average Bonchev–Trinajstić information content (AvgIpc) is 2.28. The van der Waals surface area contributed by atoms with Crippen LogP contribution in [0.2, 0.25) is 5.02 Å². The zero-order chi connectivity index (χ0) is 13.9. The first-order valence-corrected chi connectivity index (χ1v) is 6.03. The van der Waals surface area contributed by atoms with Crippen LogP contribution < -0.4 is 5.32 Å². The molecule has 100 valence electrons. The molecule has 0 aliphatic heterocycles. The van der Waals surface area contributed by atoms with Crippen LogP contribution in [0.1, 0.15) is 36.7 Å². The van der Waals surface area contributed by atoms with Crippen molar-refractivity contribution in [3.05, 3.63) is 28.3 Å². The number of ketones is 1. The fourth-order valence-electron chi connectivity index (χ4n) is 1.39. The van der Waals surface area contributed by atoms with Gasteiger partial charge in [-0.25, -0.2) is 0 Å². The lowest BCUT2D eigenvalue weighted by atomic mass is 10.0. The minimum Gasteiger partial charge on any atom is -0.506 e. The zero-order valence-corrected chi connectivity index (χ0v) is 11.5. The van der Waals surface area contributed by atoms with Gasteiger partial charge < -0.3 is 15.5 Å². The Morgan fingerprint density at radius 1 is 1.39 bits per heavy atom. The number of aliphatic hydroxyl groups excluding tert-OH is 1. The number of benzene rings is 1. The summed E-state index contributed by atoms with van der Waals surface area (Å²) in [7, 11) is 0. The maximum Gasteiger partial charge on any atom is 0.176 e. The predicted molar refractivity (Wildman–Crippen MR) is 71.1 cm³/mol. The summed E-state index contributed by atoms with van der Waals surface area (Å²) in [5.74, 6) is -0.318. The molecule has 1 rings (SSSR count). The van der Waals surface area contributed by atoms with Gasteiger partial charge in [0, 0.05) is 16.7 Å². The first-order valence-electron chi connectivity index (χ1n) is 5.65. The van der Waals surface area contributed by atoms with Crippen LogP contribution in [-0.4, -0.2) is 28.1 Å². The molecule has 0 radical (unpaired) electrons. The van der Waals surface area contributed by atoms with Gasteiger partial charge in [-0.2, -0.15) is 0 Å². The molecular weight excluding hydrogens is 254 g/mol. The van der Waals surface area contributed by atoms with E-state index in [0.717, 1.165) is 0 Å². The first kappa shape index (κ1) is 15.0. The number of carbonyl (C=O) groups is 1. The number of nitrogens with one attached hydrogen (secondary N) is 1. The number of hydrogen-bond donors (Lipinski definition) is 3. The highest BCUT2D eigenvalue weighted by Gasteiger charge is 2.15. The fourth-order valence-corrected chi connectivity index (χ4v) is 1.62. The van der Waals surface area contributed by atoms with Gasteiger partial charge in [-0.1, -0.05) is 11.6 Å². The van der Waals surface area contributed by atoms with Crippen molar-refractivity contribution >= 4 is 17.4 Å². The third-order valence-corrected chi connectivity index (χ3v) is 2.70. The zero-order valence-electron chi connectivity index (χ0n) is 10.7. The highest BCUT2D eigenvalue weighted by molar-refractivity contribution is 6.32. The maximum atomic E-state index is 11.9. The first-order chi connectivity index (χ1) is 8.24. The summed E-state index contributed by atoms with van der Waals surface area (Å²) >= 11 is 5.80. The van der Waals surface area contributed by atoms with Crippen LogP contribution in [0.3, 0.4) is 0 Å². The molecule has 0 heterocycles. The largest absolute Gasteiger partial charge is 0.506 e. The quantitative estimate of drug-likeness (QED) is 0.734. The number of rotatable bonds is 4. The van der Waals surface area contributed by atoms with Crippen LogP contribution in [0.4, 0.5) is 0 Å². The number of aromatic hydroxyl groups is 1. The number of hydrogen-bond acceptors (Lipinski definition) is 4. The van der Waals surface area contributed by atoms with Crippen molar-refractivity contribution in [3.63, 3.8) is 0 Å². The number of carbonyl (C=O) groups excluding carboxylic acids is 1. The topological polar surface area (TPSA) is 69.6 Å². The summed E-state index contributed by atoms with van der Waals surface area (Å²) < 4.78 is 0. The second-order valence-electron chi connectivity index (χ2n) is 5.15. The molecule has 18 heavy (non-hydrogen) atoms. The van der Waals surface area contributed by atoms with Gasteiger partial charge in [-0.3, -0.25) is 4.79 Å². The van der Waals surface area contributed by atoms with E-state index in [9.17, 15) is 9.90 Å². The van der Waals surface area contributed by atoms with Crippen molar-refractivity contribution in [3.8, 4) is 5.75 Å². The smallest absolute Gasteiger partial charge is 0.176 e. The lowest BCUT2D eigenvalue weighted by Gasteiger charge is -2.20. The summed E-state index contributed by atoms with van der Waals surface area (Å²) in [4.78, 5) is 11.9. The van der Waals surface area contributed by atoms with E-state index in [2.05, 4.69) is 5.32 Å². The molecule has 0 saturated carbocycles. The van der Waals surface area contributed by atoms with Crippen molar-refractivity contribution in [1.82, 2.24) is 5.32 Å². The lowest BCUT2D eigenvalue weighted by molar-refractivity contribution is 0.0982. The normalized spacial score (nSPS) is 11.6. The second kappa shape index (κ2) is 5.69. The SMILES string of the molecule is CC(C)(C)NCC(=O)c1cc(Cl)c(O)c(CO)c1. The molecule has 0 fully saturated rings. The van der Waals surface area contributed by atoms with Crippen LogP contribution in [0.15, 0.2) is 12.1 Å². The Kier molecular flexibility index (Phi) is 4.73. The third kappa shape index (κ3) is 3.98. The number of Topliss-reactive ketones (excluding diaryl/α,β-unsaturated/α-hetero) is 1. The van der Waals surface area contributed by atoms with E-state index in [4.69, 9.17) is 16.7 Å². The minimum atomic E-state index is -0.362. The standard InChI is InChI=1S/C13H18ClNO3/c1-13(2,3)15-6-11(17)8-4-9(7-16)12(18)10(14)5-8/h4-5,15-16,18H,6-7H2,1-3H3. The summed E-state index contributed by atoms with van der Waals surface area (Å²) in [5.41, 5.74) is 0.469. The minimum absolute atomic E-state index is 0.0701. The molecule has 0 aliphatic rings. The van der Waals surface area contributed by atoms with E-state index in [1.165, 1.54) is 12.1 Å². The van der Waals surface area contributed by atoms with E-state index in [-0.39, 0.29) is 40.8 Å². The second-order valence-corrected chi connectivity index (χ2v) is 5.56. The number of aliphatic hydroxyl groups is 1. The Hall–Kier alpha value is -1.10. The molecule has 0 unspecified atom stereocenters. The molecule has 0 spiro atoms. The van der Waals surface area contributed by atoms with E-state index in [0.29, 0.717) is 5.56 Å².